The van der Waals surface area contributed by atoms with Crippen molar-refractivity contribution in [3.8, 4) is 5.75 Å². The molecule has 0 bridgehead atoms. The van der Waals surface area contributed by atoms with Crippen LogP contribution in [0.4, 0.5) is 5.69 Å². The number of carbonyl (C=O) groups excluding carboxylic acids is 1. The van der Waals surface area contributed by atoms with Gasteiger partial charge in [0.1, 0.15) is 5.75 Å². The minimum Gasteiger partial charge on any atom is -0.507 e. The monoisotopic (exact) mass is 349 g/mol. The van der Waals surface area contributed by atoms with Crippen molar-refractivity contribution in [2.45, 2.75) is 6.42 Å². The first kappa shape index (κ1) is 15.5. The largest absolute Gasteiger partial charge is 0.507 e. The lowest BCUT2D eigenvalue weighted by atomic mass is 10.1. The summed E-state index contributed by atoms with van der Waals surface area (Å²) in [6, 6.07) is 12.3. The number of para-hydroxylation sites is 1. The summed E-state index contributed by atoms with van der Waals surface area (Å²) < 4.78 is 5.78. The summed E-state index contributed by atoms with van der Waals surface area (Å²) in [5.74, 6) is -0.402. The molecule has 0 aliphatic heterocycles. The average molecular weight is 350 g/mol. The molecule has 0 heterocycles. The number of aromatic hydroxyl groups is 1. The first-order valence-corrected chi connectivity index (χ1v) is 7.28. The number of phenols is 1. The topological polar surface area (TPSA) is 58.6 Å². The summed E-state index contributed by atoms with van der Waals surface area (Å²) in [5, 5.41) is 12.7. The highest BCUT2D eigenvalue weighted by Crippen LogP contribution is 2.24. The van der Waals surface area contributed by atoms with E-state index in [1.54, 1.807) is 19.2 Å². The van der Waals surface area contributed by atoms with Gasteiger partial charge in [0.05, 0.1) is 12.2 Å². The van der Waals surface area contributed by atoms with Crippen molar-refractivity contribution in [2.75, 3.05) is 19.0 Å². The quantitative estimate of drug-likeness (QED) is 0.866. The number of halogens is 1. The fourth-order valence-electron chi connectivity index (χ4n) is 1.96. The molecule has 0 atom stereocenters. The first-order chi connectivity index (χ1) is 10.1. The van der Waals surface area contributed by atoms with Crippen LogP contribution in [0.15, 0.2) is 46.9 Å². The number of rotatable bonds is 5. The van der Waals surface area contributed by atoms with Gasteiger partial charge in [-0.25, -0.2) is 0 Å². The van der Waals surface area contributed by atoms with Crippen LogP contribution in [0.5, 0.6) is 5.75 Å². The molecule has 0 unspecified atom stereocenters. The molecule has 0 aliphatic carbocycles. The Balaban J connectivity index is 2.19. The number of ether oxygens (including phenoxy) is 1. The van der Waals surface area contributed by atoms with Gasteiger partial charge in [-0.2, -0.15) is 0 Å². The van der Waals surface area contributed by atoms with Crippen molar-refractivity contribution >= 4 is 27.5 Å². The molecule has 2 aromatic rings. The molecule has 110 valence electrons. The minimum absolute atomic E-state index is 0.0590. The maximum absolute atomic E-state index is 12.3. The third kappa shape index (κ3) is 4.06. The van der Waals surface area contributed by atoms with Gasteiger partial charge in [0.25, 0.3) is 5.91 Å². The zero-order chi connectivity index (χ0) is 15.2. The molecule has 0 fully saturated rings. The Bertz CT molecular complexity index is 643. The Morgan fingerprint density at radius 1 is 1.29 bits per heavy atom. The van der Waals surface area contributed by atoms with Gasteiger partial charge in [0, 0.05) is 17.3 Å². The second-order valence-corrected chi connectivity index (χ2v) is 5.43. The number of hydrogen-bond acceptors (Lipinski definition) is 3. The van der Waals surface area contributed by atoms with Crippen LogP contribution >= 0.6 is 15.9 Å². The molecule has 2 aromatic carbocycles. The molecule has 0 aliphatic rings. The predicted molar refractivity (Wildman–Crippen MR) is 85.8 cm³/mol. The Kier molecular flexibility index (Phi) is 5.36. The number of phenolic OH excluding ortho intramolecular Hbond substituents is 1. The van der Waals surface area contributed by atoms with Crippen molar-refractivity contribution in [1.29, 1.82) is 0 Å². The SMILES string of the molecule is COCCc1ccccc1NC(=O)c1ccc(Br)cc1O. The Morgan fingerprint density at radius 3 is 2.76 bits per heavy atom. The predicted octanol–water partition coefficient (Wildman–Crippen LogP) is 3.60. The van der Waals surface area contributed by atoms with E-state index in [0.717, 1.165) is 15.7 Å². The maximum Gasteiger partial charge on any atom is 0.259 e. The van der Waals surface area contributed by atoms with E-state index < -0.39 is 0 Å². The van der Waals surface area contributed by atoms with Crippen molar-refractivity contribution in [3.05, 3.63) is 58.1 Å². The molecule has 0 aromatic heterocycles. The van der Waals surface area contributed by atoms with Gasteiger partial charge in [0.15, 0.2) is 0 Å². The average Bonchev–Trinajstić information content (AvgIpc) is 2.46. The summed E-state index contributed by atoms with van der Waals surface area (Å²) in [7, 11) is 1.64. The van der Waals surface area contributed by atoms with E-state index in [1.807, 2.05) is 24.3 Å². The zero-order valence-corrected chi connectivity index (χ0v) is 13.2. The van der Waals surface area contributed by atoms with Crippen molar-refractivity contribution in [2.24, 2.45) is 0 Å². The molecule has 21 heavy (non-hydrogen) atoms. The number of methoxy groups -OCH3 is 1. The molecule has 0 spiro atoms. The van der Waals surface area contributed by atoms with Crippen LogP contribution in [0.2, 0.25) is 0 Å². The van der Waals surface area contributed by atoms with Crippen LogP contribution in [0, 0.1) is 0 Å². The van der Waals surface area contributed by atoms with Gasteiger partial charge in [-0.05, 0) is 36.2 Å². The molecule has 5 heteroatoms. The molecule has 0 saturated heterocycles. The molecule has 0 radical (unpaired) electrons. The normalized spacial score (nSPS) is 10.4. The fraction of sp³-hybridized carbons (Fsp3) is 0.188. The number of benzene rings is 2. The van der Waals surface area contributed by atoms with E-state index in [1.165, 1.54) is 6.07 Å². The number of carbonyl (C=O) groups is 1. The van der Waals surface area contributed by atoms with Gasteiger partial charge in [-0.15, -0.1) is 0 Å². The third-order valence-corrected chi connectivity index (χ3v) is 3.54. The molecular formula is C16H16BrNO3. The van der Waals surface area contributed by atoms with Gasteiger partial charge < -0.3 is 15.2 Å². The lowest BCUT2D eigenvalue weighted by Gasteiger charge is -2.11. The highest BCUT2D eigenvalue weighted by atomic mass is 79.9. The highest BCUT2D eigenvalue weighted by Gasteiger charge is 2.13. The number of anilines is 1. The lowest BCUT2D eigenvalue weighted by Crippen LogP contribution is -2.14. The van der Waals surface area contributed by atoms with Crippen molar-refractivity contribution in [1.82, 2.24) is 0 Å². The molecule has 2 N–H and O–H groups in total. The standard InChI is InChI=1S/C16H16BrNO3/c1-21-9-8-11-4-2-3-5-14(11)18-16(20)13-7-6-12(17)10-15(13)19/h2-7,10,19H,8-9H2,1H3,(H,18,20). The van der Waals surface area contributed by atoms with Gasteiger partial charge >= 0.3 is 0 Å². The highest BCUT2D eigenvalue weighted by molar-refractivity contribution is 9.10. The number of nitrogens with one attached hydrogen (secondary N) is 1. The van der Waals surface area contributed by atoms with Crippen LogP contribution in [0.1, 0.15) is 15.9 Å². The Morgan fingerprint density at radius 2 is 2.05 bits per heavy atom. The Hall–Kier alpha value is -1.85. The molecule has 1 amide bonds. The second-order valence-electron chi connectivity index (χ2n) is 4.52. The van der Waals surface area contributed by atoms with Crippen LogP contribution < -0.4 is 5.32 Å². The smallest absolute Gasteiger partial charge is 0.259 e. The summed E-state index contributed by atoms with van der Waals surface area (Å²) in [6.45, 7) is 0.580. The lowest BCUT2D eigenvalue weighted by molar-refractivity contribution is 0.102. The van der Waals surface area contributed by atoms with Gasteiger partial charge in [-0.3, -0.25) is 4.79 Å². The van der Waals surface area contributed by atoms with Crippen LogP contribution in [-0.4, -0.2) is 24.7 Å². The molecule has 4 nitrogen and oxygen atoms in total. The number of hydrogen-bond donors (Lipinski definition) is 2. The number of amides is 1. The first-order valence-electron chi connectivity index (χ1n) is 6.48. The summed E-state index contributed by atoms with van der Waals surface area (Å²) in [6.07, 6.45) is 0.708. The van der Waals surface area contributed by atoms with E-state index in [2.05, 4.69) is 21.2 Å². The Labute approximate surface area is 131 Å². The van der Waals surface area contributed by atoms with Crippen LogP contribution in [-0.2, 0) is 11.2 Å². The fourth-order valence-corrected chi connectivity index (χ4v) is 2.31. The summed E-state index contributed by atoms with van der Waals surface area (Å²) in [5.41, 5.74) is 1.95. The van der Waals surface area contributed by atoms with E-state index in [9.17, 15) is 9.90 Å². The summed E-state index contributed by atoms with van der Waals surface area (Å²) >= 11 is 3.25. The van der Waals surface area contributed by atoms with E-state index in [-0.39, 0.29) is 17.2 Å². The second kappa shape index (κ2) is 7.24. The van der Waals surface area contributed by atoms with E-state index >= 15 is 0 Å². The third-order valence-electron chi connectivity index (χ3n) is 3.05. The van der Waals surface area contributed by atoms with Gasteiger partial charge in [-0.1, -0.05) is 34.1 Å². The maximum atomic E-state index is 12.3. The van der Waals surface area contributed by atoms with Crippen molar-refractivity contribution in [3.63, 3.8) is 0 Å². The van der Waals surface area contributed by atoms with E-state index in [4.69, 9.17) is 4.74 Å². The minimum atomic E-state index is -0.343. The van der Waals surface area contributed by atoms with E-state index in [0.29, 0.717) is 13.0 Å². The van der Waals surface area contributed by atoms with Crippen LogP contribution in [0.25, 0.3) is 0 Å². The van der Waals surface area contributed by atoms with Crippen LogP contribution in [0.3, 0.4) is 0 Å². The van der Waals surface area contributed by atoms with Crippen molar-refractivity contribution < 1.29 is 14.6 Å². The zero-order valence-electron chi connectivity index (χ0n) is 11.6. The molecular weight excluding hydrogens is 334 g/mol. The molecule has 0 saturated carbocycles. The summed E-state index contributed by atoms with van der Waals surface area (Å²) in [4.78, 5) is 12.3. The van der Waals surface area contributed by atoms with Gasteiger partial charge in [0.2, 0.25) is 0 Å². The molecule has 2 rings (SSSR count).